The summed E-state index contributed by atoms with van der Waals surface area (Å²) in [6.45, 7) is 0. The zero-order valence-electron chi connectivity index (χ0n) is 28.1. The molecule has 274 valence electrons. The van der Waals surface area contributed by atoms with Crippen LogP contribution in [0.25, 0.3) is 11.6 Å². The Bertz CT molecular complexity index is 2210. The lowest BCUT2D eigenvalue weighted by Gasteiger charge is -2.14. The minimum atomic E-state index is -2.03. The number of halogens is 2. The summed E-state index contributed by atoms with van der Waals surface area (Å²) in [5, 5.41) is 20.7. The largest absolute Gasteiger partial charge is 0.465 e. The van der Waals surface area contributed by atoms with Gasteiger partial charge < -0.3 is 20.1 Å². The van der Waals surface area contributed by atoms with E-state index in [-0.39, 0.29) is 45.0 Å². The molecule has 2 N–H and O–H groups in total. The third kappa shape index (κ3) is 8.18. The molecule has 6 aromatic rings. The highest BCUT2D eigenvalue weighted by Gasteiger charge is 2.23. The van der Waals surface area contributed by atoms with Gasteiger partial charge in [0.15, 0.2) is 23.0 Å². The van der Waals surface area contributed by atoms with E-state index < -0.39 is 57.7 Å². The summed E-state index contributed by atoms with van der Waals surface area (Å²) in [4.78, 5) is 59.0. The summed E-state index contributed by atoms with van der Waals surface area (Å²) in [6, 6.07) is 9.59. The number of hydrogen-bond acceptors (Lipinski definition) is 13. The minimum absolute atomic E-state index is 0.142. The van der Waals surface area contributed by atoms with E-state index in [0.29, 0.717) is 11.6 Å². The van der Waals surface area contributed by atoms with Crippen LogP contribution >= 0.6 is 0 Å². The van der Waals surface area contributed by atoms with E-state index in [1.165, 1.54) is 49.3 Å². The predicted molar refractivity (Wildman–Crippen MR) is 185 cm³/mol. The Hall–Kier alpha value is -7.09. The summed E-state index contributed by atoms with van der Waals surface area (Å²) in [6.07, 6.45) is 9.29. The zero-order valence-corrected chi connectivity index (χ0v) is 28.9. The normalized spacial score (nSPS) is 10.9. The maximum absolute atomic E-state index is 15.3. The van der Waals surface area contributed by atoms with Crippen LogP contribution in [0.15, 0.2) is 86.0 Å². The molecule has 6 rings (SSSR count). The average molecular weight is 757 g/mol. The van der Waals surface area contributed by atoms with Crippen LogP contribution in [0.4, 0.5) is 20.2 Å². The number of carbonyl (C=O) groups excluding carboxylic acids is 4. The second-order valence-electron chi connectivity index (χ2n) is 11.1. The molecule has 0 fully saturated rings. The van der Waals surface area contributed by atoms with Crippen LogP contribution in [0.5, 0.6) is 0 Å². The number of esters is 2. The van der Waals surface area contributed by atoms with E-state index in [1.54, 1.807) is 21.5 Å². The standard InChI is InChI=1S/C34H26F2N10O7S/c1-52-33(49)21-13-23(35)19(11-27(21)39-31(47)25-3-5-29(43-41-25)45-9-7-37-17-45)15-54(51)16-20-12-28(22(14-24(20)36)34(50)53-2)40-32(48)26-4-6-30(44-42-26)46-10-8-38-18-46/h3-14,17-18H,15-16H2,1-2H3,(H,39,47)(H,40,48). The van der Waals surface area contributed by atoms with E-state index in [0.717, 1.165) is 38.5 Å². The summed E-state index contributed by atoms with van der Waals surface area (Å²) in [5.41, 5.74) is -1.72. The van der Waals surface area contributed by atoms with Crippen molar-refractivity contribution in [2.75, 3.05) is 24.9 Å². The first-order valence-electron chi connectivity index (χ1n) is 15.5. The van der Waals surface area contributed by atoms with Crippen LogP contribution in [-0.4, -0.2) is 81.7 Å². The van der Waals surface area contributed by atoms with Crippen molar-refractivity contribution in [1.29, 1.82) is 0 Å². The Balaban J connectivity index is 1.21. The smallest absolute Gasteiger partial charge is 0.340 e. The van der Waals surface area contributed by atoms with Gasteiger partial charge in [0, 0.05) is 46.7 Å². The lowest BCUT2D eigenvalue weighted by atomic mass is 10.1. The molecule has 4 aromatic heterocycles. The third-order valence-electron chi connectivity index (χ3n) is 7.62. The number of nitrogens with zero attached hydrogens (tertiary/aromatic N) is 8. The number of methoxy groups -OCH3 is 2. The van der Waals surface area contributed by atoms with Gasteiger partial charge in [0.2, 0.25) is 0 Å². The van der Waals surface area contributed by atoms with Gasteiger partial charge in [-0.25, -0.2) is 28.3 Å². The topological polar surface area (TPSA) is 215 Å². The molecule has 0 spiro atoms. The molecule has 17 nitrogen and oxygen atoms in total. The van der Waals surface area contributed by atoms with Gasteiger partial charge in [0.25, 0.3) is 11.8 Å². The van der Waals surface area contributed by atoms with Gasteiger partial charge in [-0.3, -0.25) is 22.9 Å². The number of anilines is 2. The first-order chi connectivity index (χ1) is 26.0. The first-order valence-corrected chi connectivity index (χ1v) is 17.0. The van der Waals surface area contributed by atoms with E-state index in [1.807, 2.05) is 0 Å². The van der Waals surface area contributed by atoms with Gasteiger partial charge >= 0.3 is 11.9 Å². The number of carbonyl (C=O) groups is 4. The van der Waals surface area contributed by atoms with Crippen LogP contribution in [0.3, 0.4) is 0 Å². The van der Waals surface area contributed by atoms with Gasteiger partial charge in [-0.1, -0.05) is 0 Å². The van der Waals surface area contributed by atoms with E-state index in [9.17, 15) is 23.4 Å². The molecule has 0 aliphatic rings. The molecule has 2 aromatic carbocycles. The molecule has 0 bridgehead atoms. The van der Waals surface area contributed by atoms with Gasteiger partial charge in [0.05, 0.1) is 48.2 Å². The second-order valence-corrected chi connectivity index (χ2v) is 12.5. The molecule has 0 aliphatic heterocycles. The molecule has 54 heavy (non-hydrogen) atoms. The number of nitrogens with one attached hydrogen (secondary N) is 2. The Morgan fingerprint density at radius 1 is 0.667 bits per heavy atom. The van der Waals surface area contributed by atoms with Gasteiger partial charge in [-0.2, -0.15) is 0 Å². The molecule has 0 saturated heterocycles. The quantitative estimate of drug-likeness (QED) is 0.171. The molecule has 0 unspecified atom stereocenters. The van der Waals surface area contributed by atoms with Crippen LogP contribution in [-0.2, 0) is 31.8 Å². The Kier molecular flexibility index (Phi) is 10.9. The maximum Gasteiger partial charge on any atom is 0.340 e. The van der Waals surface area contributed by atoms with Crippen molar-refractivity contribution in [1.82, 2.24) is 39.5 Å². The number of ether oxygens (including phenoxy) is 2. The molecule has 0 saturated carbocycles. The van der Waals surface area contributed by atoms with Gasteiger partial charge in [-0.15, -0.1) is 20.4 Å². The number of imidazole rings is 2. The monoisotopic (exact) mass is 756 g/mol. The molecular formula is C34H26F2N10O7S. The van der Waals surface area contributed by atoms with Crippen molar-refractivity contribution in [3.05, 3.63) is 131 Å². The first kappa shape index (κ1) is 36.7. The summed E-state index contributed by atoms with van der Waals surface area (Å²) in [7, 11) is 0.108. The molecule has 0 aliphatic carbocycles. The number of amides is 2. The van der Waals surface area contributed by atoms with Crippen molar-refractivity contribution in [3.8, 4) is 11.6 Å². The maximum atomic E-state index is 15.3. The van der Waals surface area contributed by atoms with Crippen LogP contribution in [0.2, 0.25) is 0 Å². The van der Waals surface area contributed by atoms with Crippen molar-refractivity contribution in [2.45, 2.75) is 11.5 Å². The lowest BCUT2D eigenvalue weighted by molar-refractivity contribution is 0.0592. The Morgan fingerprint density at radius 3 is 1.43 bits per heavy atom. The number of benzene rings is 2. The lowest BCUT2D eigenvalue weighted by Crippen LogP contribution is -2.19. The van der Waals surface area contributed by atoms with Gasteiger partial charge in [0.1, 0.15) is 24.3 Å². The Morgan fingerprint density at radius 2 is 1.09 bits per heavy atom. The number of rotatable bonds is 12. The van der Waals surface area contributed by atoms with Gasteiger partial charge in [-0.05, 0) is 48.5 Å². The number of aromatic nitrogens is 8. The second kappa shape index (κ2) is 16.1. The fraction of sp³-hybridized carbons (Fsp3) is 0.118. The predicted octanol–water partition coefficient (Wildman–Crippen LogP) is 3.44. The summed E-state index contributed by atoms with van der Waals surface area (Å²) >= 11 is 0. The molecule has 0 atom stereocenters. The highest BCUT2D eigenvalue weighted by atomic mass is 32.2. The van der Waals surface area contributed by atoms with E-state index in [2.05, 4.69) is 41.0 Å². The molecule has 2 amide bonds. The molecule has 20 heteroatoms. The fourth-order valence-corrected chi connectivity index (χ4v) is 6.19. The van der Waals surface area contributed by atoms with Crippen molar-refractivity contribution >= 4 is 45.9 Å². The van der Waals surface area contributed by atoms with Crippen LogP contribution in [0.1, 0.15) is 52.8 Å². The van der Waals surface area contributed by atoms with E-state index in [4.69, 9.17) is 9.47 Å². The van der Waals surface area contributed by atoms with E-state index >= 15 is 8.78 Å². The summed E-state index contributed by atoms with van der Waals surface area (Å²) in [5.74, 6) is -5.71. The van der Waals surface area contributed by atoms with Crippen molar-refractivity contribution in [2.24, 2.45) is 0 Å². The minimum Gasteiger partial charge on any atom is -0.465 e. The summed E-state index contributed by atoms with van der Waals surface area (Å²) < 4.78 is 56.6. The highest BCUT2D eigenvalue weighted by molar-refractivity contribution is 7.83. The van der Waals surface area contributed by atoms with Crippen molar-refractivity contribution in [3.63, 3.8) is 0 Å². The third-order valence-corrected chi connectivity index (χ3v) is 8.88. The molecule has 4 heterocycles. The van der Waals surface area contributed by atoms with Crippen LogP contribution < -0.4 is 10.6 Å². The zero-order chi connectivity index (χ0) is 38.4. The van der Waals surface area contributed by atoms with Crippen LogP contribution in [0, 0.1) is 11.6 Å². The molecular weight excluding hydrogens is 730 g/mol. The molecule has 0 radical (unpaired) electrons. The highest BCUT2D eigenvalue weighted by Crippen LogP contribution is 2.27. The average Bonchev–Trinajstić information content (AvgIpc) is 3.93. The Labute approximate surface area is 305 Å². The number of hydrogen-bond donors (Lipinski definition) is 2. The SMILES string of the molecule is COC(=O)c1cc(F)c(CS(=O)Cc2cc(NC(=O)c3ccc(-n4ccnc4)nn3)c(C(=O)OC)cc2F)cc1NC(=O)c1ccc(-n2ccnc2)nn1. The fourth-order valence-electron chi connectivity index (χ4n) is 4.95. The van der Waals surface area contributed by atoms with Crippen molar-refractivity contribution < 1.29 is 41.6 Å².